The van der Waals surface area contributed by atoms with Crippen LogP contribution in [0.3, 0.4) is 0 Å². The lowest BCUT2D eigenvalue weighted by Crippen LogP contribution is -2.55. The van der Waals surface area contributed by atoms with E-state index in [4.69, 9.17) is 16.2 Å². The number of hydrogen-bond acceptors (Lipinski definition) is 7. The molecule has 0 bridgehead atoms. The molecule has 1 fully saturated rings. The van der Waals surface area contributed by atoms with Crippen molar-refractivity contribution in [1.82, 2.24) is 0 Å². The molecule has 0 aromatic heterocycles. The highest BCUT2D eigenvalue weighted by Crippen LogP contribution is 2.38. The predicted molar refractivity (Wildman–Crippen MR) is 93.4 cm³/mol. The highest BCUT2D eigenvalue weighted by Gasteiger charge is 2.44. The van der Waals surface area contributed by atoms with Crippen LogP contribution in [-0.4, -0.2) is 51.4 Å². The SMILES string of the molecule is Nc1ccc(-c2ccc(N)cc2[C@@H]2O[C@H](CO)[C@@H](O)[C@H](O)[C@H]2O)cc1. The Morgan fingerprint density at radius 1 is 0.840 bits per heavy atom. The lowest BCUT2D eigenvalue weighted by molar-refractivity contribution is -0.231. The van der Waals surface area contributed by atoms with Gasteiger partial charge in [0.05, 0.1) is 6.61 Å². The number of aliphatic hydroxyl groups is 4. The van der Waals surface area contributed by atoms with E-state index < -0.39 is 37.1 Å². The number of aliphatic hydroxyl groups excluding tert-OH is 4. The van der Waals surface area contributed by atoms with Crippen LogP contribution in [0.2, 0.25) is 0 Å². The number of benzene rings is 2. The van der Waals surface area contributed by atoms with E-state index in [1.165, 1.54) is 0 Å². The number of rotatable bonds is 3. The molecule has 1 heterocycles. The van der Waals surface area contributed by atoms with E-state index in [-0.39, 0.29) is 0 Å². The predicted octanol–water partition coefficient (Wildman–Crippen LogP) is 0.0329. The summed E-state index contributed by atoms with van der Waals surface area (Å²) in [5.74, 6) is 0. The Morgan fingerprint density at radius 2 is 1.48 bits per heavy atom. The quantitative estimate of drug-likeness (QED) is 0.431. The highest BCUT2D eigenvalue weighted by atomic mass is 16.5. The van der Waals surface area contributed by atoms with Gasteiger partial charge < -0.3 is 36.6 Å². The fraction of sp³-hybridized carbons (Fsp3) is 0.333. The van der Waals surface area contributed by atoms with Crippen molar-refractivity contribution in [3.05, 3.63) is 48.0 Å². The van der Waals surface area contributed by atoms with Crippen molar-refractivity contribution < 1.29 is 25.2 Å². The third kappa shape index (κ3) is 3.33. The number of anilines is 2. The average Bonchev–Trinajstić information content (AvgIpc) is 2.61. The first-order valence-electron chi connectivity index (χ1n) is 7.98. The molecular weight excluding hydrogens is 324 g/mol. The topological polar surface area (TPSA) is 142 Å². The molecule has 2 aromatic rings. The van der Waals surface area contributed by atoms with Crippen LogP contribution >= 0.6 is 0 Å². The largest absolute Gasteiger partial charge is 0.399 e. The second-order valence-corrected chi connectivity index (χ2v) is 6.22. The minimum Gasteiger partial charge on any atom is -0.399 e. The van der Waals surface area contributed by atoms with Crippen LogP contribution in [-0.2, 0) is 4.74 Å². The minimum absolute atomic E-state index is 0.464. The van der Waals surface area contributed by atoms with E-state index >= 15 is 0 Å². The summed E-state index contributed by atoms with van der Waals surface area (Å²) in [4.78, 5) is 0. The Hall–Kier alpha value is -2.16. The molecular formula is C18H22N2O5. The molecule has 2 aromatic carbocycles. The molecule has 3 rings (SSSR count). The Bertz CT molecular complexity index is 735. The third-order valence-corrected chi connectivity index (χ3v) is 4.50. The maximum Gasteiger partial charge on any atom is 0.113 e. The summed E-state index contributed by atoms with van der Waals surface area (Å²) in [7, 11) is 0. The van der Waals surface area contributed by atoms with Gasteiger partial charge in [-0.1, -0.05) is 18.2 Å². The number of ether oxygens (including phenoxy) is 1. The molecule has 5 atom stereocenters. The maximum absolute atomic E-state index is 10.4. The lowest BCUT2D eigenvalue weighted by Gasteiger charge is -2.40. The molecule has 25 heavy (non-hydrogen) atoms. The molecule has 1 aliphatic heterocycles. The van der Waals surface area contributed by atoms with Gasteiger partial charge in [0.1, 0.15) is 30.5 Å². The van der Waals surface area contributed by atoms with Crippen LogP contribution in [0.4, 0.5) is 11.4 Å². The van der Waals surface area contributed by atoms with E-state index in [0.717, 1.165) is 11.1 Å². The van der Waals surface area contributed by atoms with Crippen molar-refractivity contribution in [2.24, 2.45) is 0 Å². The minimum atomic E-state index is -1.45. The number of nitrogen functional groups attached to an aromatic ring is 2. The number of hydrogen-bond donors (Lipinski definition) is 6. The molecule has 1 aliphatic rings. The standard InChI is InChI=1S/C18H22N2O5/c19-10-3-1-9(2-4-10)12-6-5-11(20)7-13(12)18-17(24)16(23)15(22)14(8-21)25-18/h1-7,14-18,21-24H,8,19-20H2/t14-,15-,16+,17-,18+/m1/s1. The van der Waals surface area contributed by atoms with Gasteiger partial charge in [-0.2, -0.15) is 0 Å². The van der Waals surface area contributed by atoms with Crippen molar-refractivity contribution in [2.45, 2.75) is 30.5 Å². The van der Waals surface area contributed by atoms with Gasteiger partial charge in [-0.05, 0) is 41.0 Å². The van der Waals surface area contributed by atoms with E-state index in [9.17, 15) is 20.4 Å². The Labute approximate surface area is 145 Å². The molecule has 0 aliphatic carbocycles. The summed E-state index contributed by atoms with van der Waals surface area (Å²) in [5, 5.41) is 39.8. The summed E-state index contributed by atoms with van der Waals surface area (Å²) in [5.41, 5.74) is 14.8. The summed E-state index contributed by atoms with van der Waals surface area (Å²) in [6, 6.07) is 12.3. The molecule has 7 nitrogen and oxygen atoms in total. The fourth-order valence-electron chi connectivity index (χ4n) is 3.10. The van der Waals surface area contributed by atoms with E-state index in [2.05, 4.69) is 0 Å². The van der Waals surface area contributed by atoms with Gasteiger partial charge in [0.15, 0.2) is 0 Å². The van der Waals surface area contributed by atoms with Gasteiger partial charge in [0.2, 0.25) is 0 Å². The molecule has 1 saturated heterocycles. The lowest BCUT2D eigenvalue weighted by atomic mass is 9.87. The van der Waals surface area contributed by atoms with Crippen molar-refractivity contribution in [3.8, 4) is 11.1 Å². The summed E-state index contributed by atoms with van der Waals surface area (Å²) < 4.78 is 5.67. The van der Waals surface area contributed by atoms with Crippen LogP contribution in [0.25, 0.3) is 11.1 Å². The third-order valence-electron chi connectivity index (χ3n) is 4.50. The van der Waals surface area contributed by atoms with Gasteiger partial charge in [-0.15, -0.1) is 0 Å². The Kier molecular flexibility index (Phi) is 4.94. The van der Waals surface area contributed by atoms with Crippen LogP contribution in [0.5, 0.6) is 0 Å². The van der Waals surface area contributed by atoms with E-state index in [1.807, 2.05) is 12.1 Å². The van der Waals surface area contributed by atoms with Crippen molar-refractivity contribution in [2.75, 3.05) is 18.1 Å². The average molecular weight is 346 g/mol. The smallest absolute Gasteiger partial charge is 0.113 e. The molecule has 0 amide bonds. The summed E-state index contributed by atoms with van der Waals surface area (Å²) in [6.45, 7) is -0.485. The van der Waals surface area contributed by atoms with Gasteiger partial charge >= 0.3 is 0 Å². The van der Waals surface area contributed by atoms with Crippen LogP contribution in [0.1, 0.15) is 11.7 Å². The van der Waals surface area contributed by atoms with Gasteiger partial charge in [-0.3, -0.25) is 0 Å². The molecule has 134 valence electrons. The van der Waals surface area contributed by atoms with Crippen molar-refractivity contribution in [1.29, 1.82) is 0 Å². The van der Waals surface area contributed by atoms with Gasteiger partial charge in [0, 0.05) is 11.4 Å². The van der Waals surface area contributed by atoms with Gasteiger partial charge in [-0.25, -0.2) is 0 Å². The van der Waals surface area contributed by atoms with Crippen molar-refractivity contribution >= 4 is 11.4 Å². The zero-order chi connectivity index (χ0) is 18.1. The molecule has 7 heteroatoms. The summed E-state index contributed by atoms with van der Waals surface area (Å²) in [6.07, 6.45) is -6.16. The number of nitrogens with two attached hydrogens (primary N) is 2. The maximum atomic E-state index is 10.4. The zero-order valence-corrected chi connectivity index (χ0v) is 13.5. The zero-order valence-electron chi connectivity index (χ0n) is 13.5. The Morgan fingerprint density at radius 3 is 2.12 bits per heavy atom. The highest BCUT2D eigenvalue weighted by molar-refractivity contribution is 5.71. The molecule has 0 unspecified atom stereocenters. The normalized spacial score (nSPS) is 29.5. The Balaban J connectivity index is 2.06. The first kappa shape index (κ1) is 17.7. The van der Waals surface area contributed by atoms with Crippen LogP contribution in [0.15, 0.2) is 42.5 Å². The first-order valence-corrected chi connectivity index (χ1v) is 7.98. The second kappa shape index (κ2) is 6.99. The van der Waals surface area contributed by atoms with Crippen LogP contribution < -0.4 is 11.5 Å². The molecule has 0 radical (unpaired) electrons. The second-order valence-electron chi connectivity index (χ2n) is 6.22. The first-order chi connectivity index (χ1) is 11.9. The van der Waals surface area contributed by atoms with Crippen molar-refractivity contribution in [3.63, 3.8) is 0 Å². The summed E-state index contributed by atoms with van der Waals surface area (Å²) >= 11 is 0. The molecule has 8 N–H and O–H groups in total. The molecule has 0 spiro atoms. The monoisotopic (exact) mass is 346 g/mol. The van der Waals surface area contributed by atoms with Crippen LogP contribution in [0, 0.1) is 0 Å². The van der Waals surface area contributed by atoms with E-state index in [0.29, 0.717) is 16.9 Å². The molecule has 0 saturated carbocycles. The van der Waals surface area contributed by atoms with Gasteiger partial charge in [0.25, 0.3) is 0 Å². The van der Waals surface area contributed by atoms with E-state index in [1.54, 1.807) is 30.3 Å². The fourth-order valence-corrected chi connectivity index (χ4v) is 3.10.